The third-order valence-corrected chi connectivity index (χ3v) is 20.9. The maximum absolute atomic E-state index is 14.4. The second-order valence-electron chi connectivity index (χ2n) is 21.4. The zero-order valence-corrected chi connectivity index (χ0v) is 53.7. The SMILES string of the molecule is CNC(=O)C[C@@H]1NC(=O)c2csc(n2)-c2ccc(-c3nc(N(CCCCO)C(=O)C4CCC(C(=O)O)CC4)cs3)nc2-c2cnc(s2)-c2csc(n2)[C@H]([C@@H](O)c2ccccc2)NC(=O)CNC(=O)c2nc(sc2COC)[C@H](C(C)C)NC(=O)c2nc1sc2C. The van der Waals surface area contributed by atoms with E-state index in [1.54, 1.807) is 76.6 Å². The summed E-state index contributed by atoms with van der Waals surface area (Å²) in [6.07, 6.45) is 2.71. The molecule has 24 nitrogen and oxygen atoms in total. The summed E-state index contributed by atoms with van der Waals surface area (Å²) in [7, 11) is 2.94. The van der Waals surface area contributed by atoms with Crippen molar-refractivity contribution in [3.63, 3.8) is 0 Å². The lowest BCUT2D eigenvalue weighted by molar-refractivity contribution is -0.144. The van der Waals surface area contributed by atoms with Gasteiger partial charge in [-0.15, -0.1) is 68.0 Å². The Morgan fingerprint density at radius 2 is 1.47 bits per heavy atom. The number of nitrogens with one attached hydrogen (secondary N) is 5. The van der Waals surface area contributed by atoms with Gasteiger partial charge in [-0.1, -0.05) is 44.2 Å². The van der Waals surface area contributed by atoms with Crippen LogP contribution in [0.1, 0.15) is 145 Å². The summed E-state index contributed by atoms with van der Waals surface area (Å²) in [6, 6.07) is 9.50. The van der Waals surface area contributed by atoms with Gasteiger partial charge in [0.25, 0.3) is 17.7 Å². The van der Waals surface area contributed by atoms with Crippen LogP contribution in [0.2, 0.25) is 0 Å². The second kappa shape index (κ2) is 28.9. The first-order chi connectivity index (χ1) is 42.9. The van der Waals surface area contributed by atoms with Gasteiger partial charge in [0.05, 0.1) is 58.7 Å². The van der Waals surface area contributed by atoms with Gasteiger partial charge in [0.2, 0.25) is 17.7 Å². The van der Waals surface area contributed by atoms with E-state index in [9.17, 15) is 48.9 Å². The highest BCUT2D eigenvalue weighted by Gasteiger charge is 2.36. The maximum atomic E-state index is 14.4. The van der Waals surface area contributed by atoms with Gasteiger partial charge < -0.3 is 46.6 Å². The van der Waals surface area contributed by atoms with Crippen molar-refractivity contribution in [3.05, 3.63) is 112 Å². The number of pyridine rings is 1. The average molecular weight is 1320 g/mol. The van der Waals surface area contributed by atoms with E-state index in [1.807, 2.05) is 13.8 Å². The molecule has 0 saturated heterocycles. The van der Waals surface area contributed by atoms with Crippen molar-refractivity contribution in [2.24, 2.45) is 17.8 Å². The summed E-state index contributed by atoms with van der Waals surface area (Å²) in [4.78, 5) is 133. The standard InChI is InChI=1S/C59H63N13O11S6/c1-28(2)43-57-71-46(39(89-57)24-83-5)50(78)61-23-42(75)68-47(48(76)30-11-7-6-8-12-30)56-66-37(26-85-56)53-62-22-38(88-53)45-33(52-65-36(25-84-52)49(77)64-35(21-41(74)60-4)55-70-44(29(3)87-55)51(79)69-43)17-18-34(63-45)54-67-40(27-86-54)72(19-9-10-20-73)58(80)31-13-15-32(16-14-31)59(81)82/h6-8,11-12,17-18,22,25-28,31-32,35,43,47-48,73,76H,9-10,13-16,19-21,23-24H2,1-5H3,(H,60,74)(H,61,78)(H,64,77)(H,68,75)(H,69,79)(H,81,82)/t31?,32?,35-,43-,47-,48-/m0/s1. The molecule has 8 heterocycles. The molecule has 8 aromatic rings. The number of carboxylic acids is 1. The first-order valence-electron chi connectivity index (χ1n) is 28.5. The van der Waals surface area contributed by atoms with Gasteiger partial charge in [-0.3, -0.25) is 38.5 Å². The van der Waals surface area contributed by atoms with Crippen LogP contribution in [-0.4, -0.2) is 125 Å². The van der Waals surface area contributed by atoms with Crippen LogP contribution < -0.4 is 31.5 Å². The minimum Gasteiger partial charge on any atom is -0.481 e. The highest BCUT2D eigenvalue weighted by molar-refractivity contribution is 7.19. The summed E-state index contributed by atoms with van der Waals surface area (Å²) < 4.78 is 5.46. The molecule has 1 saturated carbocycles. The van der Waals surface area contributed by atoms with Crippen molar-refractivity contribution in [2.75, 3.05) is 38.8 Å². The number of thiazole rings is 6. The van der Waals surface area contributed by atoms with E-state index in [1.165, 1.54) is 70.8 Å². The van der Waals surface area contributed by atoms with Crippen LogP contribution in [0.5, 0.6) is 0 Å². The number of hydrogen-bond donors (Lipinski definition) is 8. The number of benzene rings is 1. The van der Waals surface area contributed by atoms with Gasteiger partial charge in [0.15, 0.2) is 0 Å². The summed E-state index contributed by atoms with van der Waals surface area (Å²) in [5.41, 5.74) is 2.34. The lowest BCUT2D eigenvalue weighted by Gasteiger charge is -2.30. The quantitative estimate of drug-likeness (QED) is 0.0447. The number of hydrogen-bond acceptors (Lipinski definition) is 23. The Balaban J connectivity index is 1.04. The van der Waals surface area contributed by atoms with E-state index in [-0.39, 0.29) is 60.1 Å². The Kier molecular flexibility index (Phi) is 20.9. The number of amides is 6. The molecule has 89 heavy (non-hydrogen) atoms. The molecular weight excluding hydrogens is 1260 g/mol. The molecule has 30 heteroatoms. The van der Waals surface area contributed by atoms with E-state index >= 15 is 0 Å². The number of carbonyl (C=O) groups excluding carboxylic acids is 6. The topological polar surface area (TPSA) is 343 Å². The highest BCUT2D eigenvalue weighted by Crippen LogP contribution is 2.42. The number of unbranched alkanes of at least 4 members (excludes halogenated alkanes) is 1. The van der Waals surface area contributed by atoms with Crippen LogP contribution in [0.15, 0.2) is 64.8 Å². The lowest BCUT2D eigenvalue weighted by Crippen LogP contribution is -2.40. The fourth-order valence-electron chi connectivity index (χ4n) is 10.2. The maximum Gasteiger partial charge on any atom is 0.306 e. The summed E-state index contributed by atoms with van der Waals surface area (Å²) in [5, 5.41) is 52.9. The Labute approximate surface area is 534 Å². The van der Waals surface area contributed by atoms with Crippen molar-refractivity contribution in [3.8, 4) is 42.5 Å². The van der Waals surface area contributed by atoms with E-state index < -0.39 is 78.1 Å². The van der Waals surface area contributed by atoms with Crippen molar-refractivity contribution < 1.29 is 53.6 Å². The smallest absolute Gasteiger partial charge is 0.306 e. The monoisotopic (exact) mass is 1320 g/mol. The largest absolute Gasteiger partial charge is 0.481 e. The number of methoxy groups -OCH3 is 1. The molecule has 466 valence electrons. The third-order valence-electron chi connectivity index (χ3n) is 15.0. The van der Waals surface area contributed by atoms with Gasteiger partial charge in [0.1, 0.15) is 70.8 Å². The molecule has 2 aliphatic rings. The van der Waals surface area contributed by atoms with Gasteiger partial charge in [-0.25, -0.2) is 34.9 Å². The van der Waals surface area contributed by atoms with E-state index in [0.717, 1.165) is 11.3 Å². The molecular formula is C59H63N13O11S6. The van der Waals surface area contributed by atoms with Crippen molar-refractivity contribution in [2.45, 2.75) is 96.6 Å². The molecule has 1 aliphatic carbocycles. The summed E-state index contributed by atoms with van der Waals surface area (Å²) >= 11 is 7.19. The molecule has 4 atom stereocenters. The van der Waals surface area contributed by atoms with Crippen LogP contribution in [0.4, 0.5) is 5.82 Å². The number of fused-ring (bicyclic) bond motifs is 14. The van der Waals surface area contributed by atoms with Crippen LogP contribution in [0.25, 0.3) is 42.5 Å². The van der Waals surface area contributed by atoms with E-state index in [4.69, 9.17) is 39.6 Å². The predicted molar refractivity (Wildman–Crippen MR) is 339 cm³/mol. The molecule has 0 unspecified atom stereocenters. The number of aliphatic hydroxyl groups excluding tert-OH is 2. The Hall–Kier alpha value is -7.68. The molecule has 7 aromatic heterocycles. The Morgan fingerprint density at radius 3 is 2.20 bits per heavy atom. The predicted octanol–water partition coefficient (Wildman–Crippen LogP) is 8.31. The van der Waals surface area contributed by atoms with Gasteiger partial charge in [-0.05, 0) is 69.1 Å². The Morgan fingerprint density at radius 1 is 0.730 bits per heavy atom. The van der Waals surface area contributed by atoms with Crippen LogP contribution >= 0.6 is 68.0 Å². The number of carbonyl (C=O) groups is 7. The zero-order valence-electron chi connectivity index (χ0n) is 48.8. The molecule has 6 amide bonds. The molecule has 1 aliphatic heterocycles. The number of aryl methyl sites for hydroxylation is 1. The molecule has 8 N–H and O–H groups in total. The minimum absolute atomic E-state index is 0.00449. The van der Waals surface area contributed by atoms with E-state index in [2.05, 4.69) is 26.6 Å². The fourth-order valence-corrected chi connectivity index (χ4v) is 15.9. The van der Waals surface area contributed by atoms with Crippen molar-refractivity contribution in [1.29, 1.82) is 0 Å². The second-order valence-corrected chi connectivity index (χ2v) is 27.4. The lowest BCUT2D eigenvalue weighted by atomic mass is 9.81. The van der Waals surface area contributed by atoms with Crippen LogP contribution in [0.3, 0.4) is 0 Å². The Bertz CT molecular complexity index is 3890. The van der Waals surface area contributed by atoms with Crippen LogP contribution in [0, 0.1) is 24.7 Å². The number of aliphatic carboxylic acids is 1. The number of rotatable bonds is 15. The first kappa shape index (κ1) is 64.3. The number of anilines is 1. The molecule has 0 spiro atoms. The van der Waals surface area contributed by atoms with Gasteiger partial charge >= 0.3 is 5.97 Å². The average Bonchev–Trinajstić information content (AvgIpc) is 3.00. The van der Waals surface area contributed by atoms with Crippen molar-refractivity contribution >= 4 is 115 Å². The minimum atomic E-state index is -1.29. The number of aliphatic hydroxyl groups is 2. The fraction of sp³-hybridized carbons (Fsp3) is 0.390. The van der Waals surface area contributed by atoms with Gasteiger partial charge in [-0.2, -0.15) is 0 Å². The normalized spacial score (nSPS) is 18.7. The molecule has 1 fully saturated rings. The van der Waals surface area contributed by atoms with Crippen LogP contribution in [-0.2, 0) is 30.5 Å². The highest BCUT2D eigenvalue weighted by atomic mass is 32.1. The van der Waals surface area contributed by atoms with E-state index in [0.29, 0.717) is 112 Å². The first-order valence-corrected chi connectivity index (χ1v) is 33.6. The molecule has 10 bridgehead atoms. The zero-order chi connectivity index (χ0) is 63.0. The number of ether oxygens (including phenoxy) is 1. The number of nitrogens with zero attached hydrogens (tertiary/aromatic N) is 8. The molecule has 1 aromatic carbocycles. The summed E-state index contributed by atoms with van der Waals surface area (Å²) in [6.45, 7) is 5.17. The third kappa shape index (κ3) is 14.8. The van der Waals surface area contributed by atoms with Crippen molar-refractivity contribution in [1.82, 2.24) is 61.5 Å². The number of aromatic nitrogens is 7. The van der Waals surface area contributed by atoms with Gasteiger partial charge in [0, 0.05) is 66.0 Å². The molecule has 0 radical (unpaired) electrons. The number of carboxylic acid groups (broad SMARTS) is 1. The summed E-state index contributed by atoms with van der Waals surface area (Å²) in [5.74, 6) is -4.69. The molecule has 10 rings (SSSR count).